The number of aliphatic hydroxyl groups is 3. The van der Waals surface area contributed by atoms with Gasteiger partial charge in [0.15, 0.2) is 6.29 Å². The minimum absolute atomic E-state index is 0.128. The Hall–Kier alpha value is -2.07. The van der Waals surface area contributed by atoms with Crippen molar-refractivity contribution >= 4 is 11.8 Å². The van der Waals surface area contributed by atoms with E-state index in [0.29, 0.717) is 59.0 Å². The smallest absolute Gasteiger partial charge is 0.220 e. The molecule has 2 amide bonds. The van der Waals surface area contributed by atoms with E-state index in [0.717, 1.165) is 0 Å². The Bertz CT molecular complexity index is 667. The first kappa shape index (κ1) is 32.0. The Labute approximate surface area is 210 Å². The van der Waals surface area contributed by atoms with E-state index in [-0.39, 0.29) is 25.5 Å². The molecule has 15 heteroatoms. The maximum Gasteiger partial charge on any atom is 0.220 e. The summed E-state index contributed by atoms with van der Waals surface area (Å²) in [5.41, 5.74) is 8.12. The quantitative estimate of drug-likeness (QED) is 0.0546. The summed E-state index contributed by atoms with van der Waals surface area (Å²) in [5, 5.41) is 38.1. The molecule has 36 heavy (non-hydrogen) atoms. The van der Waals surface area contributed by atoms with Crippen LogP contribution in [0.2, 0.25) is 0 Å². The molecule has 0 aromatic rings. The molecule has 5 atom stereocenters. The number of nitrogens with zero attached hydrogens (tertiary/aromatic N) is 3. The van der Waals surface area contributed by atoms with Gasteiger partial charge in [-0.2, -0.15) is 0 Å². The lowest BCUT2D eigenvalue weighted by Crippen LogP contribution is -2.64. The zero-order valence-electron chi connectivity index (χ0n) is 20.6. The molecular weight excluding hydrogens is 482 g/mol. The molecule has 1 saturated heterocycles. The van der Waals surface area contributed by atoms with Crippen molar-refractivity contribution in [2.75, 3.05) is 65.9 Å². The van der Waals surface area contributed by atoms with Crippen molar-refractivity contribution < 1.29 is 48.6 Å². The zero-order valence-corrected chi connectivity index (χ0v) is 20.6. The topological polar surface area (TPSA) is 214 Å². The van der Waals surface area contributed by atoms with E-state index < -0.39 is 43.2 Å². The Morgan fingerprint density at radius 2 is 1.67 bits per heavy atom. The van der Waals surface area contributed by atoms with Crippen molar-refractivity contribution in [3.8, 4) is 0 Å². The van der Waals surface area contributed by atoms with Crippen LogP contribution in [-0.2, 0) is 33.3 Å². The van der Waals surface area contributed by atoms with Crippen LogP contribution in [0, 0.1) is 0 Å². The third kappa shape index (κ3) is 13.9. The van der Waals surface area contributed by atoms with Crippen LogP contribution in [-0.4, -0.2) is 124 Å². The number of azide groups is 1. The summed E-state index contributed by atoms with van der Waals surface area (Å²) >= 11 is 0. The van der Waals surface area contributed by atoms with E-state index in [2.05, 4.69) is 20.7 Å². The van der Waals surface area contributed by atoms with Crippen LogP contribution in [0.4, 0.5) is 0 Å². The number of carbonyl (C=O) groups is 2. The van der Waals surface area contributed by atoms with E-state index >= 15 is 0 Å². The highest BCUT2D eigenvalue weighted by molar-refractivity contribution is 5.75. The molecule has 0 bridgehead atoms. The van der Waals surface area contributed by atoms with Crippen LogP contribution in [0.3, 0.4) is 0 Å². The third-order valence-electron chi connectivity index (χ3n) is 5.04. The van der Waals surface area contributed by atoms with Gasteiger partial charge in [0, 0.05) is 38.0 Å². The summed E-state index contributed by atoms with van der Waals surface area (Å²) in [6, 6.07) is -0.988. The van der Waals surface area contributed by atoms with Gasteiger partial charge in [-0.05, 0) is 18.4 Å². The SMILES string of the molecule is CC(=O)NC1C(OCCCCC(=O)NCCOCCOCCOCCN=[N+]=[N-])OC(CO)C(O)C1O. The largest absolute Gasteiger partial charge is 0.394 e. The van der Waals surface area contributed by atoms with Gasteiger partial charge >= 0.3 is 0 Å². The first-order chi connectivity index (χ1) is 17.4. The fraction of sp³-hybridized carbons (Fsp3) is 0.905. The summed E-state index contributed by atoms with van der Waals surface area (Å²) in [6.07, 6.45) is -3.47. The summed E-state index contributed by atoms with van der Waals surface area (Å²) < 4.78 is 26.9. The highest BCUT2D eigenvalue weighted by Gasteiger charge is 2.45. The minimum Gasteiger partial charge on any atom is -0.394 e. The van der Waals surface area contributed by atoms with E-state index in [4.69, 9.17) is 29.2 Å². The summed E-state index contributed by atoms with van der Waals surface area (Å²) in [6.45, 7) is 3.90. The molecule has 1 aliphatic rings. The van der Waals surface area contributed by atoms with Crippen molar-refractivity contribution in [3.63, 3.8) is 0 Å². The van der Waals surface area contributed by atoms with Crippen LogP contribution < -0.4 is 10.6 Å². The summed E-state index contributed by atoms with van der Waals surface area (Å²) in [4.78, 5) is 25.9. The van der Waals surface area contributed by atoms with Crippen LogP contribution in [0.15, 0.2) is 5.11 Å². The number of nitrogens with one attached hydrogen (secondary N) is 2. The molecule has 0 radical (unpaired) electrons. The molecule has 5 N–H and O–H groups in total. The number of amides is 2. The van der Waals surface area contributed by atoms with Crippen molar-refractivity contribution in [3.05, 3.63) is 10.4 Å². The second kappa shape index (κ2) is 20.0. The van der Waals surface area contributed by atoms with E-state index in [1.807, 2.05) is 0 Å². The monoisotopic (exact) mass is 521 g/mol. The molecule has 0 aromatic carbocycles. The second-order valence-corrected chi connectivity index (χ2v) is 7.90. The normalized spacial score (nSPS) is 23.6. The van der Waals surface area contributed by atoms with Crippen molar-refractivity contribution in [2.24, 2.45) is 5.11 Å². The van der Waals surface area contributed by atoms with Gasteiger partial charge in [0.2, 0.25) is 11.8 Å². The van der Waals surface area contributed by atoms with Crippen molar-refractivity contribution in [1.29, 1.82) is 0 Å². The third-order valence-corrected chi connectivity index (χ3v) is 5.04. The molecule has 15 nitrogen and oxygen atoms in total. The lowest BCUT2D eigenvalue weighted by atomic mass is 9.97. The highest BCUT2D eigenvalue weighted by Crippen LogP contribution is 2.22. The maximum absolute atomic E-state index is 11.9. The van der Waals surface area contributed by atoms with Gasteiger partial charge in [-0.1, -0.05) is 5.11 Å². The average Bonchev–Trinajstić information content (AvgIpc) is 2.85. The predicted octanol–water partition coefficient (Wildman–Crippen LogP) is -1.41. The number of rotatable bonds is 20. The molecule has 1 fully saturated rings. The molecule has 0 aromatic heterocycles. The first-order valence-corrected chi connectivity index (χ1v) is 11.9. The van der Waals surface area contributed by atoms with Crippen LogP contribution >= 0.6 is 0 Å². The van der Waals surface area contributed by atoms with Gasteiger partial charge in [0.25, 0.3) is 0 Å². The van der Waals surface area contributed by atoms with E-state index in [1.165, 1.54) is 6.92 Å². The maximum atomic E-state index is 11.9. The molecule has 0 saturated carbocycles. The number of hydrogen-bond donors (Lipinski definition) is 5. The number of unbranched alkanes of at least 4 members (excludes halogenated alkanes) is 1. The number of aliphatic hydroxyl groups excluding tert-OH is 3. The summed E-state index contributed by atoms with van der Waals surface area (Å²) in [7, 11) is 0. The Morgan fingerprint density at radius 3 is 2.31 bits per heavy atom. The minimum atomic E-state index is -1.37. The van der Waals surface area contributed by atoms with Gasteiger partial charge in [-0.15, -0.1) is 0 Å². The van der Waals surface area contributed by atoms with Crippen LogP contribution in [0.25, 0.3) is 10.4 Å². The van der Waals surface area contributed by atoms with Gasteiger partial charge < -0.3 is 49.6 Å². The van der Waals surface area contributed by atoms with Gasteiger partial charge in [0.05, 0.1) is 46.2 Å². The predicted molar refractivity (Wildman–Crippen MR) is 125 cm³/mol. The van der Waals surface area contributed by atoms with Crippen molar-refractivity contribution in [2.45, 2.75) is 56.8 Å². The van der Waals surface area contributed by atoms with Gasteiger partial charge in [0.1, 0.15) is 24.4 Å². The molecule has 0 aliphatic carbocycles. The zero-order chi connectivity index (χ0) is 26.6. The molecule has 0 spiro atoms. The number of carbonyl (C=O) groups excluding carboxylic acids is 2. The first-order valence-electron chi connectivity index (χ1n) is 11.9. The lowest BCUT2D eigenvalue weighted by molar-refractivity contribution is -0.270. The lowest BCUT2D eigenvalue weighted by Gasteiger charge is -2.42. The van der Waals surface area contributed by atoms with Crippen molar-refractivity contribution in [1.82, 2.24) is 10.6 Å². The van der Waals surface area contributed by atoms with E-state index in [1.54, 1.807) is 0 Å². The standard InChI is InChI=1S/C21H39N5O10/c1-15(28)25-18-20(31)19(30)16(14-27)36-21(18)35-7-3-2-4-17(29)23-5-8-32-10-12-34-13-11-33-9-6-24-26-22/h16,18-21,27,30-31H,2-14H2,1H3,(H,23,29)(H,25,28). The fourth-order valence-electron chi connectivity index (χ4n) is 3.24. The average molecular weight is 522 g/mol. The Kier molecular flexibility index (Phi) is 17.8. The number of hydrogen-bond acceptors (Lipinski definition) is 11. The Balaban J connectivity index is 2.05. The molecule has 1 heterocycles. The van der Waals surface area contributed by atoms with Crippen LogP contribution in [0.5, 0.6) is 0 Å². The Morgan fingerprint density at radius 1 is 1.00 bits per heavy atom. The highest BCUT2D eigenvalue weighted by atomic mass is 16.7. The second-order valence-electron chi connectivity index (χ2n) is 7.90. The molecule has 208 valence electrons. The van der Waals surface area contributed by atoms with Crippen LogP contribution in [0.1, 0.15) is 26.2 Å². The molecule has 1 rings (SSSR count). The molecule has 1 aliphatic heterocycles. The van der Waals surface area contributed by atoms with Gasteiger partial charge in [-0.25, -0.2) is 0 Å². The summed E-state index contributed by atoms with van der Waals surface area (Å²) in [5.74, 6) is -0.555. The molecular formula is C21H39N5O10. The van der Waals surface area contributed by atoms with E-state index in [9.17, 15) is 24.9 Å². The number of ether oxygens (including phenoxy) is 5. The fourth-order valence-corrected chi connectivity index (χ4v) is 3.24. The van der Waals surface area contributed by atoms with Gasteiger partial charge in [-0.3, -0.25) is 9.59 Å². The molecule has 5 unspecified atom stereocenters.